The first kappa shape index (κ1) is 20.1. The number of fused-ring (bicyclic) bond motifs is 1. The minimum Gasteiger partial charge on any atom is -0.370 e. The fourth-order valence-electron chi connectivity index (χ4n) is 3.66. The van der Waals surface area contributed by atoms with Gasteiger partial charge in [-0.1, -0.05) is 0 Å². The number of aromatic nitrogens is 4. The number of nitrogens with one attached hydrogen (secondary N) is 1. The lowest BCUT2D eigenvalue weighted by molar-refractivity contribution is -0.137. The van der Waals surface area contributed by atoms with Gasteiger partial charge in [-0.3, -0.25) is 4.79 Å². The van der Waals surface area contributed by atoms with E-state index < -0.39 is 17.6 Å². The first-order valence-electron chi connectivity index (χ1n) is 9.71. The molecule has 1 aliphatic heterocycles. The Bertz CT molecular complexity index is 1100. The largest absolute Gasteiger partial charge is 0.416 e. The van der Waals surface area contributed by atoms with E-state index in [9.17, 15) is 18.0 Å². The highest BCUT2D eigenvalue weighted by atomic mass is 19.4. The first-order valence-corrected chi connectivity index (χ1v) is 9.71. The molecule has 1 aliphatic rings. The first-order chi connectivity index (χ1) is 14.2. The summed E-state index contributed by atoms with van der Waals surface area (Å²) < 4.78 is 41.2. The van der Waals surface area contributed by atoms with Gasteiger partial charge in [-0.05, 0) is 57.4 Å². The number of alkyl halides is 3. The second-order valence-corrected chi connectivity index (χ2v) is 7.42. The summed E-state index contributed by atoms with van der Waals surface area (Å²) in [6.45, 7) is 5.06. The number of rotatable bonds is 3. The van der Waals surface area contributed by atoms with Gasteiger partial charge >= 0.3 is 6.18 Å². The molecule has 3 heterocycles. The van der Waals surface area contributed by atoms with Crippen LogP contribution < -0.4 is 10.2 Å². The SMILES string of the molecule is Cc1cc(C)n2nc(C(=O)Nc3cc(C(F)(F)F)ccc3N3CCCCC3)nc2n1. The summed E-state index contributed by atoms with van der Waals surface area (Å²) in [7, 11) is 0. The van der Waals surface area contributed by atoms with E-state index in [1.54, 1.807) is 19.9 Å². The van der Waals surface area contributed by atoms with Crippen molar-refractivity contribution in [2.24, 2.45) is 0 Å². The Kier molecular flexibility index (Phi) is 5.08. The van der Waals surface area contributed by atoms with Gasteiger partial charge in [0.05, 0.1) is 16.9 Å². The molecule has 1 saturated heterocycles. The minimum absolute atomic E-state index is 0.0939. The van der Waals surface area contributed by atoms with E-state index in [1.165, 1.54) is 10.6 Å². The van der Waals surface area contributed by atoms with Gasteiger partial charge in [0.25, 0.3) is 11.7 Å². The third-order valence-electron chi connectivity index (χ3n) is 5.09. The van der Waals surface area contributed by atoms with E-state index in [0.29, 0.717) is 5.69 Å². The van der Waals surface area contributed by atoms with Crippen LogP contribution in [0, 0.1) is 13.8 Å². The molecule has 1 fully saturated rings. The Hall–Kier alpha value is -3.17. The molecule has 0 unspecified atom stereocenters. The Morgan fingerprint density at radius 2 is 1.80 bits per heavy atom. The van der Waals surface area contributed by atoms with Crippen LogP contribution in [-0.4, -0.2) is 38.6 Å². The second kappa shape index (κ2) is 7.58. The van der Waals surface area contributed by atoms with Crippen LogP contribution in [0.3, 0.4) is 0 Å². The molecule has 0 aliphatic carbocycles. The smallest absolute Gasteiger partial charge is 0.370 e. The number of halogens is 3. The van der Waals surface area contributed by atoms with E-state index >= 15 is 0 Å². The van der Waals surface area contributed by atoms with Crippen molar-refractivity contribution in [3.8, 4) is 0 Å². The van der Waals surface area contributed by atoms with Gasteiger partial charge in [0.2, 0.25) is 5.82 Å². The molecule has 0 saturated carbocycles. The van der Waals surface area contributed by atoms with Gasteiger partial charge in [0.15, 0.2) is 0 Å². The predicted octanol–water partition coefficient (Wildman–Crippen LogP) is 4.00. The van der Waals surface area contributed by atoms with Crippen molar-refractivity contribution in [3.05, 3.63) is 47.0 Å². The van der Waals surface area contributed by atoms with Gasteiger partial charge < -0.3 is 10.2 Å². The molecule has 10 heteroatoms. The third-order valence-corrected chi connectivity index (χ3v) is 5.09. The molecule has 4 rings (SSSR count). The van der Waals surface area contributed by atoms with E-state index in [4.69, 9.17) is 0 Å². The molecule has 1 aromatic carbocycles. The Morgan fingerprint density at radius 3 is 2.50 bits per heavy atom. The average molecular weight is 418 g/mol. The zero-order valence-corrected chi connectivity index (χ0v) is 16.6. The van der Waals surface area contributed by atoms with Gasteiger partial charge in [-0.2, -0.15) is 18.2 Å². The van der Waals surface area contributed by atoms with Crippen molar-refractivity contribution in [1.82, 2.24) is 19.6 Å². The van der Waals surface area contributed by atoms with Crippen LogP contribution in [-0.2, 0) is 6.18 Å². The van der Waals surface area contributed by atoms with Crippen molar-refractivity contribution < 1.29 is 18.0 Å². The summed E-state index contributed by atoms with van der Waals surface area (Å²) in [5, 5.41) is 6.74. The normalized spacial score (nSPS) is 14.9. The maximum atomic E-state index is 13.3. The number of nitrogens with zero attached hydrogens (tertiary/aromatic N) is 5. The van der Waals surface area contributed by atoms with E-state index in [2.05, 4.69) is 20.4 Å². The van der Waals surface area contributed by atoms with Gasteiger partial charge in [-0.25, -0.2) is 9.50 Å². The van der Waals surface area contributed by atoms with Crippen LogP contribution >= 0.6 is 0 Å². The second-order valence-electron chi connectivity index (χ2n) is 7.42. The summed E-state index contributed by atoms with van der Waals surface area (Å²) >= 11 is 0. The van der Waals surface area contributed by atoms with Crippen LogP contribution in [0.2, 0.25) is 0 Å². The maximum Gasteiger partial charge on any atom is 0.416 e. The lowest BCUT2D eigenvalue weighted by Crippen LogP contribution is -2.30. The Morgan fingerprint density at radius 1 is 1.07 bits per heavy atom. The van der Waals surface area contributed by atoms with Crippen LogP contribution in [0.15, 0.2) is 24.3 Å². The highest BCUT2D eigenvalue weighted by Gasteiger charge is 2.32. The molecule has 7 nitrogen and oxygen atoms in total. The van der Waals surface area contributed by atoms with Crippen LogP contribution in [0.5, 0.6) is 0 Å². The zero-order valence-electron chi connectivity index (χ0n) is 16.6. The fraction of sp³-hybridized carbons (Fsp3) is 0.400. The molecule has 30 heavy (non-hydrogen) atoms. The lowest BCUT2D eigenvalue weighted by atomic mass is 10.1. The van der Waals surface area contributed by atoms with Crippen LogP contribution in [0.25, 0.3) is 5.78 Å². The Balaban J connectivity index is 1.69. The summed E-state index contributed by atoms with van der Waals surface area (Å²) in [6.07, 6.45) is -1.53. The summed E-state index contributed by atoms with van der Waals surface area (Å²) in [4.78, 5) is 23.2. The average Bonchev–Trinajstić information content (AvgIpc) is 3.12. The zero-order chi connectivity index (χ0) is 21.5. The topological polar surface area (TPSA) is 75.4 Å². The number of hydrogen-bond acceptors (Lipinski definition) is 5. The summed E-state index contributed by atoms with van der Waals surface area (Å²) in [6, 6.07) is 5.21. The molecule has 0 bridgehead atoms. The van der Waals surface area contributed by atoms with Crippen molar-refractivity contribution in [2.75, 3.05) is 23.3 Å². The summed E-state index contributed by atoms with van der Waals surface area (Å²) in [5.74, 6) is -0.578. The molecular formula is C20H21F3N6O. The number of hydrogen-bond donors (Lipinski definition) is 1. The number of anilines is 2. The number of benzene rings is 1. The van der Waals surface area contributed by atoms with Crippen molar-refractivity contribution in [3.63, 3.8) is 0 Å². The molecule has 0 radical (unpaired) electrons. The molecule has 1 N–H and O–H groups in total. The highest BCUT2D eigenvalue weighted by Crippen LogP contribution is 2.36. The number of aryl methyl sites for hydroxylation is 2. The molecule has 1 amide bonds. The van der Waals surface area contributed by atoms with Gasteiger partial charge in [0, 0.05) is 24.5 Å². The van der Waals surface area contributed by atoms with E-state index in [-0.39, 0.29) is 17.3 Å². The molecular weight excluding hydrogens is 397 g/mol. The molecule has 2 aromatic heterocycles. The minimum atomic E-state index is -4.51. The molecule has 0 atom stereocenters. The number of carbonyl (C=O) groups is 1. The quantitative estimate of drug-likeness (QED) is 0.696. The van der Waals surface area contributed by atoms with Crippen molar-refractivity contribution in [1.29, 1.82) is 0 Å². The third kappa shape index (κ3) is 3.94. The van der Waals surface area contributed by atoms with E-state index in [1.807, 2.05) is 4.90 Å². The van der Waals surface area contributed by atoms with Crippen LogP contribution in [0.4, 0.5) is 24.5 Å². The standard InChI is InChI=1S/C20H21F3N6O/c1-12-10-13(2)29-19(24-12)26-17(27-29)18(30)25-15-11-14(20(21,22)23)6-7-16(15)28-8-4-3-5-9-28/h6-7,10-11H,3-5,8-9H2,1-2H3,(H,25,30). The molecule has 3 aromatic rings. The van der Waals surface area contributed by atoms with Crippen molar-refractivity contribution in [2.45, 2.75) is 39.3 Å². The van der Waals surface area contributed by atoms with Crippen LogP contribution in [0.1, 0.15) is 46.8 Å². The van der Waals surface area contributed by atoms with Crippen molar-refractivity contribution >= 4 is 23.1 Å². The number of carbonyl (C=O) groups excluding carboxylic acids is 1. The highest BCUT2D eigenvalue weighted by molar-refractivity contribution is 6.03. The summed E-state index contributed by atoms with van der Waals surface area (Å²) in [5.41, 5.74) is 1.30. The van der Waals surface area contributed by atoms with Gasteiger partial charge in [-0.15, -0.1) is 5.10 Å². The number of piperidine rings is 1. The van der Waals surface area contributed by atoms with E-state index in [0.717, 1.165) is 55.9 Å². The predicted molar refractivity (Wildman–Crippen MR) is 106 cm³/mol. The maximum absolute atomic E-state index is 13.3. The number of amides is 1. The molecule has 0 spiro atoms. The monoisotopic (exact) mass is 418 g/mol. The fourth-order valence-corrected chi connectivity index (χ4v) is 3.66. The lowest BCUT2D eigenvalue weighted by Gasteiger charge is -2.31. The Labute approximate surface area is 170 Å². The van der Waals surface area contributed by atoms with Gasteiger partial charge in [0.1, 0.15) is 0 Å². The molecule has 158 valence electrons.